The lowest BCUT2D eigenvalue weighted by Gasteiger charge is -2.13. The standard InChI is InChI=1S/C14H13BrF2N2/c1-8-2-4-10(7-12(8)15)19-13-5-3-9(18)6-11(13)14(16)17/h2-7,14,19H,18H2,1H3. The first-order valence-corrected chi connectivity index (χ1v) is 6.47. The zero-order valence-corrected chi connectivity index (χ0v) is 11.8. The van der Waals surface area contributed by atoms with Crippen LogP contribution in [0.25, 0.3) is 0 Å². The van der Waals surface area contributed by atoms with E-state index in [-0.39, 0.29) is 5.56 Å². The summed E-state index contributed by atoms with van der Waals surface area (Å²) in [6, 6.07) is 10.0. The Balaban J connectivity index is 2.35. The van der Waals surface area contributed by atoms with Crippen LogP contribution in [0.2, 0.25) is 0 Å². The van der Waals surface area contributed by atoms with Gasteiger partial charge < -0.3 is 11.1 Å². The lowest BCUT2D eigenvalue weighted by Crippen LogP contribution is -1.98. The van der Waals surface area contributed by atoms with Crippen molar-refractivity contribution in [2.45, 2.75) is 13.3 Å². The molecule has 0 aliphatic carbocycles. The summed E-state index contributed by atoms with van der Waals surface area (Å²) in [7, 11) is 0. The smallest absolute Gasteiger partial charge is 0.265 e. The highest BCUT2D eigenvalue weighted by molar-refractivity contribution is 9.10. The van der Waals surface area contributed by atoms with Crippen molar-refractivity contribution >= 4 is 33.0 Å². The average molecular weight is 327 g/mol. The summed E-state index contributed by atoms with van der Waals surface area (Å²) in [6.45, 7) is 1.96. The molecule has 0 aliphatic heterocycles. The average Bonchev–Trinajstić information content (AvgIpc) is 2.36. The molecular weight excluding hydrogens is 314 g/mol. The van der Waals surface area contributed by atoms with Crippen molar-refractivity contribution in [2.75, 3.05) is 11.1 Å². The highest BCUT2D eigenvalue weighted by Gasteiger charge is 2.13. The zero-order valence-electron chi connectivity index (χ0n) is 10.3. The molecule has 0 fully saturated rings. The van der Waals surface area contributed by atoms with Gasteiger partial charge in [-0.3, -0.25) is 0 Å². The number of aryl methyl sites for hydroxylation is 1. The second-order valence-electron chi connectivity index (χ2n) is 4.24. The molecule has 0 bridgehead atoms. The highest BCUT2D eigenvalue weighted by Crippen LogP contribution is 2.32. The predicted octanol–water partition coefficient (Wildman–Crippen LogP) is 5.02. The minimum atomic E-state index is -2.57. The van der Waals surface area contributed by atoms with Crippen LogP contribution < -0.4 is 11.1 Å². The van der Waals surface area contributed by atoms with Crippen LogP contribution in [0.1, 0.15) is 17.6 Å². The molecule has 2 rings (SSSR count). The maximum Gasteiger partial charge on any atom is 0.265 e. The first-order valence-electron chi connectivity index (χ1n) is 5.68. The Hall–Kier alpha value is -1.62. The Morgan fingerprint density at radius 3 is 2.53 bits per heavy atom. The van der Waals surface area contributed by atoms with E-state index in [1.165, 1.54) is 6.07 Å². The van der Waals surface area contributed by atoms with Gasteiger partial charge in [0, 0.05) is 27.1 Å². The largest absolute Gasteiger partial charge is 0.399 e. The molecule has 0 heterocycles. The SMILES string of the molecule is Cc1ccc(Nc2ccc(N)cc2C(F)F)cc1Br. The van der Waals surface area contributed by atoms with Crippen molar-refractivity contribution in [3.63, 3.8) is 0 Å². The number of anilines is 3. The molecule has 100 valence electrons. The van der Waals surface area contributed by atoms with E-state index in [4.69, 9.17) is 5.73 Å². The number of nitrogens with two attached hydrogens (primary N) is 1. The normalized spacial score (nSPS) is 10.8. The van der Waals surface area contributed by atoms with Crippen LogP contribution >= 0.6 is 15.9 Å². The molecule has 0 amide bonds. The molecule has 2 aromatic rings. The van der Waals surface area contributed by atoms with Gasteiger partial charge in [0.25, 0.3) is 6.43 Å². The topological polar surface area (TPSA) is 38.0 Å². The quantitative estimate of drug-likeness (QED) is 0.777. The molecule has 3 N–H and O–H groups in total. The minimum absolute atomic E-state index is 0.100. The number of hydrogen-bond acceptors (Lipinski definition) is 2. The second kappa shape index (κ2) is 5.57. The Labute approximate surface area is 118 Å². The summed E-state index contributed by atoms with van der Waals surface area (Å²) in [6.07, 6.45) is -2.57. The maximum atomic E-state index is 12.9. The number of hydrogen-bond donors (Lipinski definition) is 2. The molecule has 0 radical (unpaired) electrons. The number of nitrogens with one attached hydrogen (secondary N) is 1. The molecule has 0 aliphatic rings. The van der Waals surface area contributed by atoms with Crippen LogP contribution in [0.3, 0.4) is 0 Å². The van der Waals surface area contributed by atoms with Crippen molar-refractivity contribution in [1.29, 1.82) is 0 Å². The van der Waals surface area contributed by atoms with Crippen LogP contribution in [-0.4, -0.2) is 0 Å². The van der Waals surface area contributed by atoms with Crippen molar-refractivity contribution < 1.29 is 8.78 Å². The zero-order chi connectivity index (χ0) is 14.0. The molecule has 0 spiro atoms. The van der Waals surface area contributed by atoms with E-state index < -0.39 is 6.43 Å². The molecule has 0 saturated heterocycles. The number of alkyl halides is 2. The Kier molecular flexibility index (Phi) is 4.04. The van der Waals surface area contributed by atoms with Gasteiger partial charge in [0.1, 0.15) is 0 Å². The minimum Gasteiger partial charge on any atom is -0.399 e. The molecule has 0 aromatic heterocycles. The van der Waals surface area contributed by atoms with E-state index in [1.54, 1.807) is 12.1 Å². The third-order valence-electron chi connectivity index (χ3n) is 2.76. The van der Waals surface area contributed by atoms with Gasteiger partial charge in [-0.2, -0.15) is 0 Å². The lowest BCUT2D eigenvalue weighted by molar-refractivity contribution is 0.152. The number of rotatable bonds is 3. The van der Waals surface area contributed by atoms with Crippen LogP contribution in [0.4, 0.5) is 25.8 Å². The number of halogens is 3. The molecule has 0 saturated carbocycles. The van der Waals surface area contributed by atoms with Gasteiger partial charge in [0.2, 0.25) is 0 Å². The molecule has 19 heavy (non-hydrogen) atoms. The van der Waals surface area contributed by atoms with Gasteiger partial charge in [-0.25, -0.2) is 8.78 Å². The highest BCUT2D eigenvalue weighted by atomic mass is 79.9. The molecule has 2 nitrogen and oxygen atoms in total. The summed E-state index contributed by atoms with van der Waals surface area (Å²) in [5.41, 5.74) is 7.94. The molecule has 0 unspecified atom stereocenters. The van der Waals surface area contributed by atoms with Gasteiger partial charge in [-0.05, 0) is 42.8 Å². The molecule has 5 heteroatoms. The van der Waals surface area contributed by atoms with Gasteiger partial charge in [-0.1, -0.05) is 22.0 Å². The molecule has 2 aromatic carbocycles. The van der Waals surface area contributed by atoms with Crippen molar-refractivity contribution in [1.82, 2.24) is 0 Å². The van der Waals surface area contributed by atoms with Crippen LogP contribution in [0.5, 0.6) is 0 Å². The van der Waals surface area contributed by atoms with E-state index in [0.29, 0.717) is 11.4 Å². The second-order valence-corrected chi connectivity index (χ2v) is 5.09. The monoisotopic (exact) mass is 326 g/mol. The Bertz CT molecular complexity index is 600. The van der Waals surface area contributed by atoms with E-state index in [0.717, 1.165) is 15.7 Å². The summed E-state index contributed by atoms with van der Waals surface area (Å²) < 4.78 is 26.8. The Morgan fingerprint density at radius 2 is 1.89 bits per heavy atom. The third-order valence-corrected chi connectivity index (χ3v) is 3.62. The third kappa shape index (κ3) is 3.23. The lowest BCUT2D eigenvalue weighted by atomic mass is 10.1. The van der Waals surface area contributed by atoms with E-state index in [9.17, 15) is 8.78 Å². The predicted molar refractivity (Wildman–Crippen MR) is 78.0 cm³/mol. The van der Waals surface area contributed by atoms with Gasteiger partial charge in [0.05, 0.1) is 0 Å². The number of benzene rings is 2. The van der Waals surface area contributed by atoms with Crippen molar-refractivity contribution in [3.8, 4) is 0 Å². The van der Waals surface area contributed by atoms with Crippen LogP contribution in [-0.2, 0) is 0 Å². The van der Waals surface area contributed by atoms with E-state index in [1.807, 2.05) is 25.1 Å². The Morgan fingerprint density at radius 1 is 1.16 bits per heavy atom. The summed E-state index contributed by atoms with van der Waals surface area (Å²) in [5, 5.41) is 2.98. The molecule has 0 atom stereocenters. The first kappa shape index (κ1) is 13.8. The van der Waals surface area contributed by atoms with E-state index >= 15 is 0 Å². The first-order chi connectivity index (χ1) is 8.97. The summed E-state index contributed by atoms with van der Waals surface area (Å²) >= 11 is 3.41. The summed E-state index contributed by atoms with van der Waals surface area (Å²) in [5.74, 6) is 0. The summed E-state index contributed by atoms with van der Waals surface area (Å²) in [4.78, 5) is 0. The fraction of sp³-hybridized carbons (Fsp3) is 0.143. The van der Waals surface area contributed by atoms with E-state index in [2.05, 4.69) is 21.2 Å². The number of nitrogen functional groups attached to an aromatic ring is 1. The van der Waals surface area contributed by atoms with Crippen molar-refractivity contribution in [3.05, 3.63) is 52.0 Å². The fourth-order valence-electron chi connectivity index (χ4n) is 1.70. The van der Waals surface area contributed by atoms with Gasteiger partial charge in [-0.15, -0.1) is 0 Å². The van der Waals surface area contributed by atoms with Crippen molar-refractivity contribution in [2.24, 2.45) is 0 Å². The van der Waals surface area contributed by atoms with Gasteiger partial charge in [0.15, 0.2) is 0 Å². The molecular formula is C14H13BrF2N2. The van der Waals surface area contributed by atoms with Crippen LogP contribution in [0, 0.1) is 6.92 Å². The van der Waals surface area contributed by atoms with Crippen LogP contribution in [0.15, 0.2) is 40.9 Å². The fourth-order valence-corrected chi connectivity index (χ4v) is 2.08. The maximum absolute atomic E-state index is 12.9. The van der Waals surface area contributed by atoms with Gasteiger partial charge >= 0.3 is 0 Å².